The number of methoxy groups -OCH3 is 1. The van der Waals surface area contributed by atoms with E-state index in [0.29, 0.717) is 12.1 Å². The van der Waals surface area contributed by atoms with Crippen LogP contribution < -0.4 is 0 Å². The van der Waals surface area contributed by atoms with Crippen molar-refractivity contribution < 1.29 is 27.4 Å². The first-order valence-corrected chi connectivity index (χ1v) is 7.68. The van der Waals surface area contributed by atoms with Gasteiger partial charge in [0.2, 0.25) is 0 Å². The summed E-state index contributed by atoms with van der Waals surface area (Å²) >= 11 is 0. The first-order valence-electron chi connectivity index (χ1n) is 7.68. The molecule has 0 bridgehead atoms. The summed E-state index contributed by atoms with van der Waals surface area (Å²) < 4.78 is 47.7. The van der Waals surface area contributed by atoms with Crippen LogP contribution in [0.15, 0.2) is 30.6 Å². The maximum atomic E-state index is 12.6. The van der Waals surface area contributed by atoms with Gasteiger partial charge in [0.05, 0.1) is 24.2 Å². The molecule has 0 amide bonds. The number of hydrogen-bond acceptors (Lipinski definition) is 4. The highest BCUT2D eigenvalue weighted by atomic mass is 19.4. The lowest BCUT2D eigenvalue weighted by atomic mass is 9.94. The van der Waals surface area contributed by atoms with Crippen molar-refractivity contribution in [3.05, 3.63) is 53.1 Å². The van der Waals surface area contributed by atoms with E-state index in [1.54, 1.807) is 0 Å². The maximum absolute atomic E-state index is 12.6. The fraction of sp³-hybridized carbons (Fsp3) is 0.412. The van der Waals surface area contributed by atoms with Crippen molar-refractivity contribution in [2.45, 2.75) is 25.4 Å². The van der Waals surface area contributed by atoms with Crippen LogP contribution in [0, 0.1) is 0 Å². The van der Waals surface area contributed by atoms with Gasteiger partial charge in [-0.1, -0.05) is 19.1 Å². The van der Waals surface area contributed by atoms with Crippen molar-refractivity contribution in [3.8, 4) is 0 Å². The van der Waals surface area contributed by atoms with Crippen LogP contribution in [-0.4, -0.2) is 36.3 Å². The van der Waals surface area contributed by atoms with E-state index >= 15 is 0 Å². The molecule has 1 heterocycles. The molecule has 25 heavy (non-hydrogen) atoms. The number of carbonyl (C=O) groups excluding carboxylic acids is 1. The maximum Gasteiger partial charge on any atom is 0.416 e. The third-order valence-electron chi connectivity index (χ3n) is 3.75. The van der Waals surface area contributed by atoms with Crippen LogP contribution in [0.25, 0.3) is 0 Å². The van der Waals surface area contributed by atoms with Crippen LogP contribution in [0.1, 0.15) is 40.2 Å². The minimum atomic E-state index is -4.36. The van der Waals surface area contributed by atoms with E-state index in [4.69, 9.17) is 9.47 Å². The second kappa shape index (κ2) is 8.15. The van der Waals surface area contributed by atoms with E-state index in [9.17, 15) is 18.0 Å². The van der Waals surface area contributed by atoms with Gasteiger partial charge in [0.1, 0.15) is 6.61 Å². The summed E-state index contributed by atoms with van der Waals surface area (Å²) in [4.78, 5) is 18.8. The monoisotopic (exact) mass is 356 g/mol. The molecule has 0 saturated carbocycles. The van der Waals surface area contributed by atoms with Crippen molar-refractivity contribution >= 4 is 5.97 Å². The van der Waals surface area contributed by atoms with Gasteiger partial charge < -0.3 is 14.5 Å². The third-order valence-corrected chi connectivity index (χ3v) is 3.75. The van der Waals surface area contributed by atoms with Gasteiger partial charge in [0.15, 0.2) is 5.69 Å². The molecule has 2 rings (SSSR count). The molecule has 0 aliphatic carbocycles. The molecule has 1 unspecified atom stereocenters. The normalized spacial score (nSPS) is 12.8. The number of ether oxygens (including phenoxy) is 2. The Morgan fingerprint density at radius 3 is 2.52 bits per heavy atom. The SMILES string of the molecule is COCCOC(=O)c1nc[nH]c1CC(C)c1ccc(C(F)(F)F)cc1. The molecule has 0 radical (unpaired) electrons. The fourth-order valence-corrected chi connectivity index (χ4v) is 2.36. The van der Waals surface area contributed by atoms with Crippen molar-refractivity contribution in [2.24, 2.45) is 0 Å². The van der Waals surface area contributed by atoms with E-state index < -0.39 is 17.7 Å². The minimum absolute atomic E-state index is 0.103. The van der Waals surface area contributed by atoms with Gasteiger partial charge in [-0.15, -0.1) is 0 Å². The topological polar surface area (TPSA) is 64.2 Å². The molecule has 0 aliphatic rings. The molecular formula is C17H19F3N2O3. The van der Waals surface area contributed by atoms with Gasteiger partial charge in [-0.25, -0.2) is 9.78 Å². The average molecular weight is 356 g/mol. The predicted molar refractivity (Wildman–Crippen MR) is 84.3 cm³/mol. The predicted octanol–water partition coefficient (Wildman–Crippen LogP) is 3.58. The number of halogens is 3. The highest BCUT2D eigenvalue weighted by Gasteiger charge is 2.30. The summed E-state index contributed by atoms with van der Waals surface area (Å²) in [7, 11) is 1.50. The largest absolute Gasteiger partial charge is 0.458 e. The van der Waals surface area contributed by atoms with E-state index in [0.717, 1.165) is 17.7 Å². The Balaban J connectivity index is 2.05. The molecule has 8 heteroatoms. The first-order chi connectivity index (χ1) is 11.8. The van der Waals surface area contributed by atoms with Crippen LogP contribution in [-0.2, 0) is 22.1 Å². The highest BCUT2D eigenvalue weighted by Crippen LogP contribution is 2.30. The lowest BCUT2D eigenvalue weighted by Crippen LogP contribution is -2.13. The van der Waals surface area contributed by atoms with E-state index in [1.165, 1.54) is 25.6 Å². The smallest absolute Gasteiger partial charge is 0.416 e. The van der Waals surface area contributed by atoms with Crippen molar-refractivity contribution in [2.75, 3.05) is 20.3 Å². The molecule has 0 aliphatic heterocycles. The van der Waals surface area contributed by atoms with Crippen LogP contribution in [0.5, 0.6) is 0 Å². The quantitative estimate of drug-likeness (QED) is 0.608. The molecule has 136 valence electrons. The summed E-state index contributed by atoms with van der Waals surface area (Å²) in [6.07, 6.45) is -2.55. The zero-order chi connectivity index (χ0) is 18.4. The number of imidazole rings is 1. The Morgan fingerprint density at radius 2 is 1.92 bits per heavy atom. The number of hydrogen-bond donors (Lipinski definition) is 1. The zero-order valence-corrected chi connectivity index (χ0v) is 13.9. The van der Waals surface area contributed by atoms with Gasteiger partial charge in [0, 0.05) is 7.11 Å². The number of esters is 1. The number of nitrogens with zero attached hydrogens (tertiary/aromatic N) is 1. The molecule has 2 aromatic rings. The van der Waals surface area contributed by atoms with Crippen LogP contribution in [0.2, 0.25) is 0 Å². The Morgan fingerprint density at radius 1 is 1.24 bits per heavy atom. The Bertz CT molecular complexity index is 696. The Labute approximate surface area is 143 Å². The van der Waals surface area contributed by atoms with Gasteiger partial charge in [-0.2, -0.15) is 13.2 Å². The second-order valence-corrected chi connectivity index (χ2v) is 5.58. The summed E-state index contributed by atoms with van der Waals surface area (Å²) in [5, 5.41) is 0. The minimum Gasteiger partial charge on any atom is -0.458 e. The molecule has 0 fully saturated rings. The highest BCUT2D eigenvalue weighted by molar-refractivity contribution is 5.88. The standard InChI is InChI=1S/C17H19F3N2O3/c1-11(12-3-5-13(6-4-12)17(18,19)20)9-14-15(22-10-21-14)16(23)25-8-7-24-2/h3-6,10-11H,7-9H2,1-2H3,(H,21,22). The second-order valence-electron chi connectivity index (χ2n) is 5.58. The Kier molecular flexibility index (Phi) is 6.19. The molecule has 1 aromatic heterocycles. The van der Waals surface area contributed by atoms with Gasteiger partial charge in [0.25, 0.3) is 0 Å². The first kappa shape index (κ1) is 19.0. The van der Waals surface area contributed by atoms with E-state index in [-0.39, 0.29) is 24.8 Å². The van der Waals surface area contributed by atoms with Crippen molar-refractivity contribution in [1.82, 2.24) is 9.97 Å². The number of carbonyl (C=O) groups is 1. The van der Waals surface area contributed by atoms with Crippen molar-refractivity contribution in [3.63, 3.8) is 0 Å². The van der Waals surface area contributed by atoms with Crippen LogP contribution >= 0.6 is 0 Å². The molecule has 1 N–H and O–H groups in total. The fourth-order valence-electron chi connectivity index (χ4n) is 2.36. The summed E-state index contributed by atoms with van der Waals surface area (Å²) in [6.45, 7) is 2.27. The number of H-pyrrole nitrogens is 1. The molecule has 1 atom stereocenters. The number of rotatable bonds is 7. The average Bonchev–Trinajstić information content (AvgIpc) is 3.02. The summed E-state index contributed by atoms with van der Waals surface area (Å²) in [5.41, 5.74) is 0.804. The number of aromatic amines is 1. The molecule has 0 spiro atoms. The van der Waals surface area contributed by atoms with Crippen molar-refractivity contribution in [1.29, 1.82) is 0 Å². The molecular weight excluding hydrogens is 337 g/mol. The molecule has 0 saturated heterocycles. The van der Waals surface area contributed by atoms with Gasteiger partial charge in [-0.3, -0.25) is 0 Å². The zero-order valence-electron chi connectivity index (χ0n) is 13.9. The van der Waals surface area contributed by atoms with Crippen LogP contribution in [0.4, 0.5) is 13.2 Å². The van der Waals surface area contributed by atoms with E-state index in [2.05, 4.69) is 9.97 Å². The summed E-state index contributed by atoms with van der Waals surface area (Å²) in [5.74, 6) is -0.666. The lowest BCUT2D eigenvalue weighted by molar-refractivity contribution is -0.137. The van der Waals surface area contributed by atoms with Gasteiger partial charge >= 0.3 is 12.1 Å². The molecule has 5 nitrogen and oxygen atoms in total. The van der Waals surface area contributed by atoms with Gasteiger partial charge in [-0.05, 0) is 30.0 Å². The Hall–Kier alpha value is -2.35. The number of alkyl halides is 3. The van der Waals surface area contributed by atoms with Crippen LogP contribution in [0.3, 0.4) is 0 Å². The summed E-state index contributed by atoms with van der Waals surface area (Å²) in [6, 6.07) is 5.00. The van der Waals surface area contributed by atoms with E-state index in [1.807, 2.05) is 6.92 Å². The third kappa shape index (κ3) is 5.06. The number of benzene rings is 1. The number of nitrogens with one attached hydrogen (secondary N) is 1. The lowest BCUT2D eigenvalue weighted by Gasteiger charge is -2.13. The number of aromatic nitrogens is 2. The molecule has 1 aromatic carbocycles.